The van der Waals surface area contributed by atoms with Crippen molar-refractivity contribution in [3.05, 3.63) is 75.8 Å². The Kier molecular flexibility index (Phi) is 3.92. The molecule has 1 heterocycles. The minimum atomic E-state index is -0.0728. The number of rotatable bonds is 2. The Morgan fingerprint density at radius 3 is 2.64 bits per heavy atom. The molecule has 112 valence electrons. The molecule has 0 saturated heterocycles. The fourth-order valence-electron chi connectivity index (χ4n) is 2.85. The van der Waals surface area contributed by atoms with Gasteiger partial charge in [-0.15, -0.1) is 0 Å². The van der Waals surface area contributed by atoms with E-state index >= 15 is 0 Å². The fraction of sp³-hybridized carbons (Fsp3) is 0.211. The smallest absolute Gasteiger partial charge is 0.187 e. The average molecular weight is 356 g/mol. The topological polar surface area (TPSA) is 29.1 Å². The van der Waals surface area contributed by atoms with E-state index in [9.17, 15) is 4.79 Å². The van der Waals surface area contributed by atoms with Crippen molar-refractivity contribution in [2.75, 3.05) is 0 Å². The van der Waals surface area contributed by atoms with Gasteiger partial charge in [0.1, 0.15) is 0 Å². The summed E-state index contributed by atoms with van der Waals surface area (Å²) in [6.45, 7) is 4.30. The van der Waals surface area contributed by atoms with Gasteiger partial charge in [0.15, 0.2) is 5.78 Å². The van der Waals surface area contributed by atoms with Crippen molar-refractivity contribution in [3.63, 3.8) is 0 Å². The second-order valence-corrected chi connectivity index (χ2v) is 7.19. The van der Waals surface area contributed by atoms with Gasteiger partial charge in [-0.3, -0.25) is 4.79 Å². The number of nitrogens with one attached hydrogen (secondary N) is 1. The number of carbonyl (C=O) groups is 1. The molecule has 2 aromatic rings. The van der Waals surface area contributed by atoms with E-state index in [0.29, 0.717) is 5.56 Å². The highest BCUT2D eigenvalue weighted by atomic mass is 79.9. The van der Waals surface area contributed by atoms with E-state index in [1.165, 1.54) is 5.56 Å². The quantitative estimate of drug-likeness (QED) is 0.630. The molecule has 22 heavy (non-hydrogen) atoms. The molecule has 0 aliphatic carbocycles. The van der Waals surface area contributed by atoms with Gasteiger partial charge in [-0.2, -0.15) is 0 Å². The highest BCUT2D eigenvalue weighted by molar-refractivity contribution is 9.10. The maximum absolute atomic E-state index is 12.5. The van der Waals surface area contributed by atoms with Crippen molar-refractivity contribution in [2.24, 2.45) is 0 Å². The van der Waals surface area contributed by atoms with Gasteiger partial charge in [-0.1, -0.05) is 52.3 Å². The van der Waals surface area contributed by atoms with Gasteiger partial charge in [-0.25, -0.2) is 0 Å². The van der Waals surface area contributed by atoms with Gasteiger partial charge < -0.3 is 5.32 Å². The summed E-state index contributed by atoms with van der Waals surface area (Å²) >= 11 is 3.53. The molecule has 0 bridgehead atoms. The first kappa shape index (κ1) is 15.0. The Morgan fingerprint density at radius 2 is 1.91 bits per heavy atom. The second-order valence-electron chi connectivity index (χ2n) is 6.28. The highest BCUT2D eigenvalue weighted by Gasteiger charge is 2.28. The molecule has 1 N–H and O–H groups in total. The molecule has 2 aromatic carbocycles. The maximum atomic E-state index is 12.5. The molecule has 0 aromatic heterocycles. The van der Waals surface area contributed by atoms with Crippen LogP contribution >= 0.6 is 15.9 Å². The van der Waals surface area contributed by atoms with Gasteiger partial charge in [0.05, 0.1) is 0 Å². The van der Waals surface area contributed by atoms with Crippen LogP contribution in [0.5, 0.6) is 0 Å². The second kappa shape index (κ2) is 5.73. The van der Waals surface area contributed by atoms with Crippen LogP contribution in [0.2, 0.25) is 0 Å². The van der Waals surface area contributed by atoms with Crippen LogP contribution < -0.4 is 5.32 Å². The number of benzene rings is 2. The van der Waals surface area contributed by atoms with E-state index in [1.54, 1.807) is 6.08 Å². The predicted molar refractivity (Wildman–Crippen MR) is 93.8 cm³/mol. The molecule has 0 fully saturated rings. The number of hydrogen-bond acceptors (Lipinski definition) is 2. The van der Waals surface area contributed by atoms with Gasteiger partial charge in [0.25, 0.3) is 0 Å². The van der Waals surface area contributed by atoms with E-state index in [2.05, 4.69) is 47.2 Å². The number of hydrogen-bond donors (Lipinski definition) is 1. The standard InChI is InChI=1S/C19H18BrNO/c1-19(2)12-14-10-15(20)8-9-16(14)17(21-19)11-18(22)13-6-4-3-5-7-13/h3-11,21H,12H2,1-2H3/b17-11-. The molecular weight excluding hydrogens is 338 g/mol. The first-order valence-electron chi connectivity index (χ1n) is 7.33. The number of fused-ring (bicyclic) bond motifs is 1. The molecule has 3 rings (SSSR count). The Labute approximate surface area is 139 Å². The van der Waals surface area contributed by atoms with Gasteiger partial charge >= 0.3 is 0 Å². The van der Waals surface area contributed by atoms with Crippen LogP contribution in [0.3, 0.4) is 0 Å². The van der Waals surface area contributed by atoms with Crippen LogP contribution in [-0.4, -0.2) is 11.3 Å². The zero-order valence-corrected chi connectivity index (χ0v) is 14.3. The zero-order chi connectivity index (χ0) is 15.7. The summed E-state index contributed by atoms with van der Waals surface area (Å²) in [7, 11) is 0. The molecular formula is C19H18BrNO. The third-order valence-corrected chi connectivity index (χ3v) is 4.29. The lowest BCUT2D eigenvalue weighted by molar-refractivity contribution is 0.104. The van der Waals surface area contributed by atoms with Crippen LogP contribution in [0.4, 0.5) is 0 Å². The third kappa shape index (κ3) is 3.14. The minimum Gasteiger partial charge on any atom is -0.379 e. The zero-order valence-electron chi connectivity index (χ0n) is 12.7. The van der Waals surface area contributed by atoms with E-state index in [-0.39, 0.29) is 11.3 Å². The summed E-state index contributed by atoms with van der Waals surface area (Å²) < 4.78 is 1.07. The van der Waals surface area contributed by atoms with Crippen molar-refractivity contribution in [1.82, 2.24) is 5.32 Å². The third-order valence-electron chi connectivity index (χ3n) is 3.80. The molecule has 0 unspecified atom stereocenters. The summed E-state index contributed by atoms with van der Waals surface area (Å²) in [5.41, 5.74) is 3.89. The molecule has 3 heteroatoms. The van der Waals surface area contributed by atoms with Crippen LogP contribution in [0.15, 0.2) is 59.1 Å². The monoisotopic (exact) mass is 355 g/mol. The van der Waals surface area contributed by atoms with Crippen molar-refractivity contribution >= 4 is 27.4 Å². The molecule has 1 aliphatic rings. The molecule has 2 nitrogen and oxygen atoms in total. The molecule has 0 spiro atoms. The maximum Gasteiger partial charge on any atom is 0.187 e. The first-order chi connectivity index (χ1) is 10.4. The molecule has 0 amide bonds. The lowest BCUT2D eigenvalue weighted by Crippen LogP contribution is -2.43. The fourth-order valence-corrected chi connectivity index (χ4v) is 3.26. The van der Waals surface area contributed by atoms with E-state index in [4.69, 9.17) is 0 Å². The SMILES string of the molecule is CC1(C)Cc2cc(Br)ccc2/C(=C/C(=O)c2ccccc2)N1. The summed E-state index contributed by atoms with van der Waals surface area (Å²) in [6, 6.07) is 15.6. The van der Waals surface area contributed by atoms with Crippen molar-refractivity contribution < 1.29 is 4.79 Å². The Hall–Kier alpha value is -1.87. The average Bonchev–Trinajstić information content (AvgIpc) is 2.46. The number of allylic oxidation sites excluding steroid dienone is 1. The van der Waals surface area contributed by atoms with Crippen molar-refractivity contribution in [1.29, 1.82) is 0 Å². The van der Waals surface area contributed by atoms with Gasteiger partial charge in [0.2, 0.25) is 0 Å². The van der Waals surface area contributed by atoms with Gasteiger partial charge in [0, 0.05) is 32.9 Å². The predicted octanol–water partition coefficient (Wildman–Crippen LogP) is 4.60. The lowest BCUT2D eigenvalue weighted by Gasteiger charge is -2.35. The molecule has 1 aliphatic heterocycles. The highest BCUT2D eigenvalue weighted by Crippen LogP contribution is 2.31. The lowest BCUT2D eigenvalue weighted by atomic mass is 9.85. The Bertz CT molecular complexity index is 747. The number of ketones is 1. The molecule has 0 atom stereocenters. The molecule has 0 radical (unpaired) electrons. The van der Waals surface area contributed by atoms with Crippen molar-refractivity contribution in [2.45, 2.75) is 25.8 Å². The van der Waals surface area contributed by atoms with Gasteiger partial charge in [-0.05, 0) is 38.0 Å². The number of halogens is 1. The summed E-state index contributed by atoms with van der Waals surface area (Å²) in [4.78, 5) is 12.5. The summed E-state index contributed by atoms with van der Waals surface area (Å²) in [5, 5.41) is 3.49. The largest absolute Gasteiger partial charge is 0.379 e. The van der Waals surface area contributed by atoms with Crippen LogP contribution in [0, 0.1) is 0 Å². The normalized spacial score (nSPS) is 17.7. The van der Waals surface area contributed by atoms with E-state index < -0.39 is 0 Å². The Morgan fingerprint density at radius 1 is 1.18 bits per heavy atom. The number of carbonyl (C=O) groups excluding carboxylic acids is 1. The van der Waals surface area contributed by atoms with Crippen LogP contribution in [0.25, 0.3) is 5.70 Å². The van der Waals surface area contributed by atoms with E-state index in [0.717, 1.165) is 22.2 Å². The first-order valence-corrected chi connectivity index (χ1v) is 8.12. The molecule has 0 saturated carbocycles. The van der Waals surface area contributed by atoms with Crippen LogP contribution in [0.1, 0.15) is 35.3 Å². The van der Waals surface area contributed by atoms with Crippen LogP contribution in [-0.2, 0) is 6.42 Å². The van der Waals surface area contributed by atoms with E-state index in [1.807, 2.05) is 36.4 Å². The minimum absolute atomic E-state index is 0.0228. The Balaban J connectivity index is 2.03. The summed E-state index contributed by atoms with van der Waals surface area (Å²) in [6.07, 6.45) is 2.64. The summed E-state index contributed by atoms with van der Waals surface area (Å²) in [5.74, 6) is 0.0228. The van der Waals surface area contributed by atoms with Crippen molar-refractivity contribution in [3.8, 4) is 0 Å².